The van der Waals surface area contributed by atoms with Crippen LogP contribution in [-0.2, 0) is 69.8 Å². The largest absolute Gasteiger partial charge is 2.00 e. The summed E-state index contributed by atoms with van der Waals surface area (Å²) in [6, 6.07) is 37.2. The molecule has 0 radical (unpaired) electrons. The first-order chi connectivity index (χ1) is 53.2. The molecule has 0 fully saturated rings. The second kappa shape index (κ2) is 40.0. The summed E-state index contributed by atoms with van der Waals surface area (Å²) in [5, 5.41) is 16.9. The van der Waals surface area contributed by atoms with Gasteiger partial charge in [-0.3, -0.25) is 19.9 Å². The Morgan fingerprint density at radius 1 is 0.297 bits per heavy atom. The maximum Gasteiger partial charge on any atom is 2.00 e. The van der Waals surface area contributed by atoms with Crippen molar-refractivity contribution in [2.24, 2.45) is 0 Å². The van der Waals surface area contributed by atoms with Crippen LogP contribution in [0.1, 0.15) is 234 Å². The zero-order chi connectivity index (χ0) is 87.5. The summed E-state index contributed by atoms with van der Waals surface area (Å²) in [6.07, 6.45) is 0. The van der Waals surface area contributed by atoms with Crippen LogP contribution in [0.25, 0.3) is 45.0 Å². The average molecular weight is 2280 g/mol. The molecule has 0 aromatic carbocycles. The van der Waals surface area contributed by atoms with Gasteiger partial charge >= 0.3 is 28.2 Å². The summed E-state index contributed by atoms with van der Waals surface area (Å²) in [6.45, 7) is 49.7. The molecule has 11 aromatic heterocycles. The van der Waals surface area contributed by atoms with Crippen molar-refractivity contribution in [1.82, 2.24) is 54.8 Å². The topological polar surface area (TPSA) is 182 Å². The van der Waals surface area contributed by atoms with Crippen molar-refractivity contribution in [3.63, 3.8) is 0 Å². The van der Waals surface area contributed by atoms with Crippen LogP contribution in [0.3, 0.4) is 0 Å². The molecule has 30 heteroatoms. The van der Waals surface area contributed by atoms with E-state index in [0.29, 0.717) is 34.2 Å². The fourth-order valence-corrected chi connectivity index (χ4v) is 12.4. The molecule has 11 aromatic rings. The Morgan fingerprint density at radius 3 is 0.771 bits per heavy atom. The van der Waals surface area contributed by atoms with Gasteiger partial charge in [0.1, 0.15) is 33.0 Å². The van der Waals surface area contributed by atoms with E-state index in [1.54, 1.807) is 24.3 Å². The zero-order valence-corrected chi connectivity index (χ0v) is 82.0. The average Bonchev–Trinajstić information content (AvgIpc) is 0.789. The molecule has 0 amide bonds. The van der Waals surface area contributed by atoms with Crippen molar-refractivity contribution >= 4 is 106 Å². The first kappa shape index (κ1) is 102. The summed E-state index contributed by atoms with van der Waals surface area (Å²) in [5.41, 5.74) is 7.99. The molecule has 13 nitrogen and oxygen atoms in total. The molecule has 0 aliphatic rings. The number of hydrogen-bond acceptors (Lipinski definition) is 13. The van der Waals surface area contributed by atoms with Crippen LogP contribution in [0.4, 0.5) is 43.9 Å². The summed E-state index contributed by atoms with van der Waals surface area (Å²) < 4.78 is 139. The second-order valence-corrected chi connectivity index (χ2v) is 37.2. The Kier molecular flexibility index (Phi) is 34.7. The fourth-order valence-electron chi connectivity index (χ4n) is 11.5. The van der Waals surface area contributed by atoms with Crippen LogP contribution in [-0.4, -0.2) is 72.0 Å². The van der Waals surface area contributed by atoms with Gasteiger partial charge in [0.05, 0.1) is 45.3 Å². The maximum absolute atomic E-state index is 14.7. The van der Waals surface area contributed by atoms with E-state index < -0.39 is 82.9 Å². The number of halogens is 15. The van der Waals surface area contributed by atoms with E-state index in [9.17, 15) is 43.9 Å². The molecule has 0 spiro atoms. The van der Waals surface area contributed by atoms with Crippen molar-refractivity contribution in [1.29, 1.82) is 0 Å². The summed E-state index contributed by atoms with van der Waals surface area (Å²) in [5.74, 6) is -9.91. The number of nitrogens with zero attached hydrogens (tertiary/aromatic N) is 11. The number of hydrogen-bond donors (Lipinski definition) is 2. The van der Waals surface area contributed by atoms with Gasteiger partial charge in [0.15, 0.2) is 0 Å². The molecule has 0 unspecified atom stereocenters. The molecule has 0 atom stereocenters. The zero-order valence-electron chi connectivity index (χ0n) is 70.0. The van der Waals surface area contributed by atoms with Crippen molar-refractivity contribution in [3.8, 4) is 45.0 Å². The molecule has 0 saturated carbocycles. The van der Waals surface area contributed by atoms with Crippen molar-refractivity contribution in [2.45, 2.75) is 215 Å². The Bertz CT molecular complexity index is 4870. The third-order valence-electron chi connectivity index (χ3n) is 19.2. The van der Waals surface area contributed by atoms with Gasteiger partial charge in [-0.15, -0.1) is 36.1 Å². The fraction of sp³-hybridized carbons (Fsp3) is 0.375. The predicted molar refractivity (Wildman–Crippen MR) is 477 cm³/mol. The molecule has 118 heavy (non-hydrogen) atoms. The van der Waals surface area contributed by atoms with Gasteiger partial charge in [-0.05, 0) is 242 Å². The first-order valence-electron chi connectivity index (χ1n) is 36.7. The van der Waals surface area contributed by atoms with Crippen molar-refractivity contribution < 1.29 is 75.0 Å². The first-order valence-corrected chi connectivity index (χ1v) is 44.6. The number of rotatable bonds is 11. The molecule has 0 aliphatic heterocycles. The molecule has 0 saturated heterocycles. The second-order valence-electron chi connectivity index (χ2n) is 35.6. The SMILES string of the molecule is CC(C)(C)c1cc(-c2[c-]cc(F)nc2F)nc(C(C)(C)c2cc(C(C)(C)C)cc(-c3[c-]cc(F)nc3F)n2)c1.CC(C)(C)c1cc(-c2ccc(F)nc2F)nc(C(C)(C)c2cc(C(C)(C)C)cc(-c3ccc(F)nc3F)n2)c1.CC(C)(C)c1cc(Br)nc(C(C)(C)c2cc(C(C)(C)C)cc(Br)n2)c1.I.II.OB(O)c1ccc(F)nc1F.[Pt+2]. The van der Waals surface area contributed by atoms with Gasteiger partial charge in [0, 0.05) is 70.3 Å². The van der Waals surface area contributed by atoms with Gasteiger partial charge in [-0.25, -0.2) is 27.5 Å². The van der Waals surface area contributed by atoms with Crippen LogP contribution in [0.2, 0.25) is 0 Å². The third-order valence-corrected chi connectivity index (χ3v) is 20.0. The minimum Gasteiger partial charge on any atom is -0.423 e. The van der Waals surface area contributed by atoms with Crippen LogP contribution in [0.5, 0.6) is 0 Å². The van der Waals surface area contributed by atoms with E-state index in [1.165, 1.54) is 23.3 Å². The Balaban J connectivity index is 0.000000296. The van der Waals surface area contributed by atoms with E-state index in [4.69, 9.17) is 40.0 Å². The van der Waals surface area contributed by atoms with Gasteiger partial charge in [-0.2, -0.15) is 41.3 Å². The normalized spacial score (nSPS) is 12.1. The smallest absolute Gasteiger partial charge is 0.423 e. The maximum atomic E-state index is 14.7. The molecule has 11 heterocycles. The van der Waals surface area contributed by atoms with Gasteiger partial charge < -0.3 is 20.0 Å². The number of aromatic nitrogens is 11. The summed E-state index contributed by atoms with van der Waals surface area (Å²) in [4.78, 5) is 44.7. The van der Waals surface area contributed by atoms with Gasteiger partial charge in [-0.1, -0.05) is 166 Å². The van der Waals surface area contributed by atoms with Crippen LogP contribution in [0.15, 0.2) is 131 Å². The van der Waals surface area contributed by atoms with E-state index in [1.807, 2.05) is 135 Å². The third kappa shape index (κ3) is 26.2. The monoisotopic (exact) mass is 2270 g/mol. The summed E-state index contributed by atoms with van der Waals surface area (Å²) >= 11 is 11.4. The predicted octanol–water partition coefficient (Wildman–Crippen LogP) is 24.1. The molecule has 0 aliphatic carbocycles. The van der Waals surface area contributed by atoms with Gasteiger partial charge in [0.2, 0.25) is 35.7 Å². The Labute approximate surface area is 757 Å². The van der Waals surface area contributed by atoms with E-state index in [2.05, 4.69) is 186 Å². The quantitative estimate of drug-likeness (QED) is 0.0411. The van der Waals surface area contributed by atoms with Crippen LogP contribution in [0, 0.1) is 71.6 Å². The van der Waals surface area contributed by atoms with Gasteiger partial charge in [0.25, 0.3) is 0 Å². The van der Waals surface area contributed by atoms with Crippen LogP contribution < -0.4 is 5.46 Å². The summed E-state index contributed by atoms with van der Waals surface area (Å²) in [7, 11) is -1.96. The number of pyridine rings is 11. The molecule has 11 rings (SSSR count). The minimum absolute atomic E-state index is 0. The Morgan fingerprint density at radius 2 is 0.525 bits per heavy atom. The van der Waals surface area contributed by atoms with E-state index >= 15 is 0 Å². The van der Waals surface area contributed by atoms with Crippen LogP contribution >= 0.6 is 93.1 Å². The Hall–Kier alpha value is -6.23. The van der Waals surface area contributed by atoms with E-state index in [0.717, 1.165) is 79.2 Å². The molecule has 2 N–H and O–H groups in total. The minimum atomic E-state index is -1.96. The standard InChI is InChI=1S/C31H32F4N4.C31H30F4N4.C21H28Br2N2.C5H4BF2NO2.I2.HI.Pt/c2*1-29(2,3)17-13-21(19-9-11-25(32)38-27(19)34)36-23(15-17)31(7,8)24-16-18(30(4,5)6)14-22(37-24)20-10-12-26(33)39-28(20)35;1-19(2,3)13-9-15(24-17(22)11-13)21(7,8)16-10-14(20(4,5)6)12-18(23)25-16;7-4-2-1-3(6(10)11)5(8)9-4;1-2;;/h9-16H,1-8H3;11-16H,1-8H3;9-12H,1-8H3;1-2,10-11H;;1H;/q;-2;;;;;+2. The van der Waals surface area contributed by atoms with Crippen molar-refractivity contribution in [2.75, 3.05) is 0 Å². The molecule has 0 bridgehead atoms. The molecular weight excluding hydrogens is 2180 g/mol. The van der Waals surface area contributed by atoms with Crippen molar-refractivity contribution in [3.05, 3.63) is 270 Å². The molecule has 632 valence electrons. The molecular formula is C88H95BBr2F10I3N11O2Pt. The van der Waals surface area contributed by atoms with E-state index in [-0.39, 0.29) is 117 Å².